The number of carbonyl (C=O) groups excluding carboxylic acids is 1. The zero-order valence-electron chi connectivity index (χ0n) is 17.6. The zero-order chi connectivity index (χ0) is 21.0. The molecular weight excluding hydrogens is 402 g/mol. The van der Waals surface area contributed by atoms with Gasteiger partial charge in [0, 0.05) is 43.8 Å². The van der Waals surface area contributed by atoms with Crippen molar-refractivity contribution in [2.45, 2.75) is 61.9 Å². The van der Waals surface area contributed by atoms with E-state index in [1.54, 1.807) is 18.2 Å². The summed E-state index contributed by atoms with van der Waals surface area (Å²) >= 11 is 0. The van der Waals surface area contributed by atoms with Crippen molar-refractivity contribution in [2.24, 2.45) is 0 Å². The summed E-state index contributed by atoms with van der Waals surface area (Å²) in [6, 6.07) is 7.17. The van der Waals surface area contributed by atoms with Gasteiger partial charge in [-0.1, -0.05) is 31.7 Å². The highest BCUT2D eigenvalue weighted by atomic mass is 32.2. The molecule has 0 spiro atoms. The fourth-order valence-corrected chi connectivity index (χ4v) is 6.32. The highest BCUT2D eigenvalue weighted by Gasteiger charge is 2.30. The normalized spacial score (nSPS) is 25.1. The second kappa shape index (κ2) is 9.77. The molecule has 1 aliphatic carbocycles. The van der Waals surface area contributed by atoms with Gasteiger partial charge in [0.05, 0.1) is 18.1 Å². The van der Waals surface area contributed by atoms with Gasteiger partial charge in [0.2, 0.25) is 10.0 Å². The van der Waals surface area contributed by atoms with Crippen LogP contribution in [0.15, 0.2) is 29.2 Å². The van der Waals surface area contributed by atoms with E-state index >= 15 is 0 Å². The van der Waals surface area contributed by atoms with Gasteiger partial charge in [-0.25, -0.2) is 8.42 Å². The number of benzene rings is 1. The number of hydrogen-bond acceptors (Lipinski definition) is 5. The third kappa shape index (κ3) is 5.04. The van der Waals surface area contributed by atoms with Crippen LogP contribution in [-0.2, 0) is 14.8 Å². The summed E-state index contributed by atoms with van der Waals surface area (Å²) in [5.41, 5.74) is 0.400. The summed E-state index contributed by atoms with van der Waals surface area (Å²) in [6.45, 7) is 3.41. The second-order valence-electron chi connectivity index (χ2n) is 8.64. The first-order valence-corrected chi connectivity index (χ1v) is 12.7. The molecule has 0 aromatic heterocycles. The van der Waals surface area contributed by atoms with Crippen LogP contribution in [0.4, 0.5) is 0 Å². The molecule has 1 N–H and O–H groups in total. The Labute approximate surface area is 179 Å². The first kappa shape index (κ1) is 21.7. The number of amides is 1. The molecule has 8 heteroatoms. The molecule has 30 heavy (non-hydrogen) atoms. The number of likely N-dealkylation sites (tertiary alicyclic amines) is 1. The van der Waals surface area contributed by atoms with E-state index in [-0.39, 0.29) is 16.8 Å². The van der Waals surface area contributed by atoms with Crippen LogP contribution in [0.5, 0.6) is 0 Å². The Morgan fingerprint density at radius 1 is 1.00 bits per heavy atom. The first-order chi connectivity index (χ1) is 14.5. The smallest absolute Gasteiger partial charge is 0.251 e. The van der Waals surface area contributed by atoms with Crippen LogP contribution in [0, 0.1) is 0 Å². The minimum Gasteiger partial charge on any atom is -0.379 e. The van der Waals surface area contributed by atoms with Crippen molar-refractivity contribution >= 4 is 15.9 Å². The molecule has 0 bridgehead atoms. The minimum atomic E-state index is -3.61. The first-order valence-electron chi connectivity index (χ1n) is 11.3. The van der Waals surface area contributed by atoms with Crippen LogP contribution >= 0.6 is 0 Å². The number of nitrogens with one attached hydrogen (secondary N) is 1. The van der Waals surface area contributed by atoms with Gasteiger partial charge in [-0.15, -0.1) is 0 Å². The van der Waals surface area contributed by atoms with Crippen LogP contribution in [-0.4, -0.2) is 75.0 Å². The van der Waals surface area contributed by atoms with Crippen LogP contribution < -0.4 is 5.32 Å². The Hall–Kier alpha value is -1.48. The van der Waals surface area contributed by atoms with E-state index < -0.39 is 10.0 Å². The molecule has 0 radical (unpaired) electrons. The Bertz CT molecular complexity index is 831. The maximum atomic E-state index is 12.9. The number of nitrogens with zero attached hydrogens (tertiary/aromatic N) is 2. The average Bonchev–Trinajstić information content (AvgIpc) is 3.06. The van der Waals surface area contributed by atoms with Crippen molar-refractivity contribution < 1.29 is 17.9 Å². The molecule has 1 aromatic rings. The molecular formula is C22H33N3O4S. The Morgan fingerprint density at radius 3 is 2.47 bits per heavy atom. The highest BCUT2D eigenvalue weighted by molar-refractivity contribution is 7.89. The maximum Gasteiger partial charge on any atom is 0.251 e. The van der Waals surface area contributed by atoms with Crippen LogP contribution in [0.2, 0.25) is 0 Å². The van der Waals surface area contributed by atoms with Crippen molar-refractivity contribution in [3.05, 3.63) is 29.8 Å². The van der Waals surface area contributed by atoms with Gasteiger partial charge in [0.15, 0.2) is 0 Å². The summed E-state index contributed by atoms with van der Waals surface area (Å²) in [6.07, 6.45) is 8.78. The lowest BCUT2D eigenvalue weighted by atomic mass is 10.1. The lowest BCUT2D eigenvalue weighted by Crippen LogP contribution is -2.41. The summed E-state index contributed by atoms with van der Waals surface area (Å²) in [5, 5.41) is 3.13. The predicted molar refractivity (Wildman–Crippen MR) is 115 cm³/mol. The molecule has 1 aromatic carbocycles. The molecule has 1 atom stereocenters. The van der Waals surface area contributed by atoms with Crippen molar-refractivity contribution in [3.63, 3.8) is 0 Å². The van der Waals surface area contributed by atoms with Gasteiger partial charge >= 0.3 is 0 Å². The topological polar surface area (TPSA) is 79.0 Å². The molecule has 166 valence electrons. The third-order valence-electron chi connectivity index (χ3n) is 6.60. The largest absolute Gasteiger partial charge is 0.379 e. The van der Waals surface area contributed by atoms with Crippen LogP contribution in [0.1, 0.15) is 55.3 Å². The van der Waals surface area contributed by atoms with Gasteiger partial charge in [-0.2, -0.15) is 4.31 Å². The number of morpholine rings is 1. The quantitative estimate of drug-likeness (QED) is 0.718. The summed E-state index contributed by atoms with van der Waals surface area (Å²) in [5.74, 6) is -0.193. The van der Waals surface area contributed by atoms with Crippen molar-refractivity contribution in [3.8, 4) is 0 Å². The van der Waals surface area contributed by atoms with Crippen molar-refractivity contribution in [1.29, 1.82) is 0 Å². The van der Waals surface area contributed by atoms with Gasteiger partial charge in [0.25, 0.3) is 5.91 Å². The van der Waals surface area contributed by atoms with E-state index in [0.717, 1.165) is 19.5 Å². The van der Waals surface area contributed by atoms with Gasteiger partial charge in [-0.3, -0.25) is 9.69 Å². The van der Waals surface area contributed by atoms with E-state index in [1.807, 2.05) is 0 Å². The SMILES string of the molecule is O=C(NC1CCN(C2CCCCCC2)C1)c1cccc(S(=O)(=O)N2CCOCC2)c1. The van der Waals surface area contributed by atoms with Crippen LogP contribution in [0.3, 0.4) is 0 Å². The fourth-order valence-electron chi connectivity index (χ4n) is 4.86. The predicted octanol–water partition coefficient (Wildman–Crippen LogP) is 2.23. The van der Waals surface area contributed by atoms with Gasteiger partial charge in [0.1, 0.15) is 0 Å². The van der Waals surface area contributed by atoms with Gasteiger partial charge in [-0.05, 0) is 37.5 Å². The van der Waals surface area contributed by atoms with Crippen molar-refractivity contribution in [2.75, 3.05) is 39.4 Å². The van der Waals surface area contributed by atoms with Gasteiger partial charge < -0.3 is 10.1 Å². The Kier molecular flexibility index (Phi) is 7.08. The number of sulfonamides is 1. The number of hydrogen-bond donors (Lipinski definition) is 1. The number of rotatable bonds is 5. The lowest BCUT2D eigenvalue weighted by Gasteiger charge is -2.27. The molecule has 2 heterocycles. The summed E-state index contributed by atoms with van der Waals surface area (Å²) in [7, 11) is -3.61. The standard InChI is InChI=1S/C22H33N3O4S/c26-22(23-19-10-11-24(17-19)20-7-3-1-2-4-8-20)18-6-5-9-21(16-18)30(27,28)25-12-14-29-15-13-25/h5-6,9,16,19-20H,1-4,7-8,10-15,17H2,(H,23,26). The second-order valence-corrected chi connectivity index (χ2v) is 10.6. The highest BCUT2D eigenvalue weighted by Crippen LogP contribution is 2.25. The molecule has 3 aliphatic rings. The molecule has 7 nitrogen and oxygen atoms in total. The summed E-state index contributed by atoms with van der Waals surface area (Å²) < 4.78 is 32.4. The number of ether oxygens (including phenoxy) is 1. The molecule has 3 fully saturated rings. The number of carbonyl (C=O) groups is 1. The Balaban J connectivity index is 1.38. The molecule has 2 saturated heterocycles. The Morgan fingerprint density at radius 2 is 1.73 bits per heavy atom. The van der Waals surface area contributed by atoms with E-state index in [4.69, 9.17) is 4.74 Å². The molecule has 1 saturated carbocycles. The fraction of sp³-hybridized carbons (Fsp3) is 0.682. The van der Waals surface area contributed by atoms with E-state index in [0.29, 0.717) is 37.9 Å². The van der Waals surface area contributed by atoms with E-state index in [9.17, 15) is 13.2 Å². The lowest BCUT2D eigenvalue weighted by molar-refractivity contribution is 0.0730. The third-order valence-corrected chi connectivity index (χ3v) is 8.49. The molecule has 1 unspecified atom stereocenters. The average molecular weight is 436 g/mol. The molecule has 4 rings (SSSR count). The maximum absolute atomic E-state index is 12.9. The van der Waals surface area contributed by atoms with E-state index in [2.05, 4.69) is 10.2 Å². The molecule has 1 amide bonds. The minimum absolute atomic E-state index is 0.125. The monoisotopic (exact) mass is 435 g/mol. The zero-order valence-corrected chi connectivity index (χ0v) is 18.4. The van der Waals surface area contributed by atoms with Crippen molar-refractivity contribution in [1.82, 2.24) is 14.5 Å². The van der Waals surface area contributed by atoms with E-state index in [1.165, 1.54) is 48.9 Å². The molecule has 2 aliphatic heterocycles. The summed E-state index contributed by atoms with van der Waals surface area (Å²) in [4.78, 5) is 15.5. The van der Waals surface area contributed by atoms with Crippen LogP contribution in [0.25, 0.3) is 0 Å².